The van der Waals surface area contributed by atoms with Crippen molar-refractivity contribution in [2.45, 2.75) is 38.8 Å². The molecule has 2 aromatic rings. The van der Waals surface area contributed by atoms with Crippen molar-refractivity contribution in [2.75, 3.05) is 0 Å². The van der Waals surface area contributed by atoms with Gasteiger partial charge < -0.3 is 15.8 Å². The molecule has 0 saturated heterocycles. The molecular weight excluding hydrogens is 367 g/mol. The maximum atomic E-state index is 15.1. The second-order valence-corrected chi connectivity index (χ2v) is 6.66. The molecule has 27 heavy (non-hydrogen) atoms. The first-order valence-electron chi connectivity index (χ1n) is 8.62. The van der Waals surface area contributed by atoms with Gasteiger partial charge in [0.05, 0.1) is 5.02 Å². The highest BCUT2D eigenvalue weighted by Gasteiger charge is 2.22. The predicted molar refractivity (Wildman–Crippen MR) is 105 cm³/mol. The van der Waals surface area contributed by atoms with Gasteiger partial charge in [0.15, 0.2) is 11.6 Å². The van der Waals surface area contributed by atoms with Crippen LogP contribution in [0.3, 0.4) is 0 Å². The summed E-state index contributed by atoms with van der Waals surface area (Å²) in [6.45, 7) is 3.74. The molecule has 142 valence electrons. The number of carbonyl (C=O) groups is 1. The summed E-state index contributed by atoms with van der Waals surface area (Å²) in [5, 5.41) is 3.38. The van der Waals surface area contributed by atoms with E-state index in [0.717, 1.165) is 0 Å². The summed E-state index contributed by atoms with van der Waals surface area (Å²) >= 11 is 6.15. The number of hydrogen-bond donors (Lipinski definition) is 2. The number of rotatable bonds is 8. The van der Waals surface area contributed by atoms with Gasteiger partial charge in [-0.05, 0) is 43.7 Å². The molecule has 0 saturated carbocycles. The largest absolute Gasteiger partial charge is 0.453 e. The molecule has 0 aliphatic heterocycles. The zero-order valence-electron chi connectivity index (χ0n) is 15.3. The average Bonchev–Trinajstić information content (AvgIpc) is 2.63. The number of amides is 1. The van der Waals surface area contributed by atoms with Crippen LogP contribution in [0.15, 0.2) is 36.4 Å². The predicted octanol–water partition coefficient (Wildman–Crippen LogP) is 4.56. The second-order valence-electron chi connectivity index (χ2n) is 6.25. The molecule has 1 amide bonds. The fraction of sp³-hybridized carbons (Fsp3) is 0.286. The highest BCUT2D eigenvalue weighted by Crippen LogP contribution is 2.36. The number of hydrogen-bond acceptors (Lipinski definition) is 3. The van der Waals surface area contributed by atoms with Crippen LogP contribution < -0.4 is 15.8 Å². The minimum absolute atomic E-state index is 0.0505. The van der Waals surface area contributed by atoms with E-state index < -0.39 is 11.7 Å². The van der Waals surface area contributed by atoms with E-state index in [4.69, 9.17) is 28.5 Å². The third-order valence-electron chi connectivity index (χ3n) is 4.10. The summed E-state index contributed by atoms with van der Waals surface area (Å²) in [4.78, 5) is 11.1. The van der Waals surface area contributed by atoms with Gasteiger partial charge in [0.1, 0.15) is 5.75 Å². The van der Waals surface area contributed by atoms with Gasteiger partial charge in [-0.3, -0.25) is 4.79 Å². The molecule has 6 heteroatoms. The smallest absolute Gasteiger partial charge is 0.218 e. The van der Waals surface area contributed by atoms with Crippen LogP contribution in [0.25, 0.3) is 0 Å². The zero-order chi connectivity index (χ0) is 20.0. The lowest BCUT2D eigenvalue weighted by atomic mass is 10.0. The average molecular weight is 389 g/mol. The lowest BCUT2D eigenvalue weighted by molar-refractivity contribution is -0.118. The van der Waals surface area contributed by atoms with Crippen LogP contribution >= 0.6 is 11.6 Å². The van der Waals surface area contributed by atoms with E-state index >= 15 is 4.39 Å². The van der Waals surface area contributed by atoms with Crippen molar-refractivity contribution in [3.05, 3.63) is 58.4 Å². The molecule has 2 rings (SSSR count). The standard InChI is InChI=1S/C21H22ClFN2O2/c1-4-14-6-8-15(9-7-14)27-21-17(22)11-10-16(20(21)23)18(5-2)25-13(3)12-19(24)26/h1,6-11,13,18,25H,5,12H2,2-3H3,(H2,24,26)/t13-,18-/m1/s1. The van der Waals surface area contributed by atoms with Gasteiger partial charge >= 0.3 is 0 Å². The summed E-state index contributed by atoms with van der Waals surface area (Å²) in [5.74, 6) is 1.92. The van der Waals surface area contributed by atoms with Crippen LogP contribution in [-0.2, 0) is 4.79 Å². The summed E-state index contributed by atoms with van der Waals surface area (Å²) < 4.78 is 20.8. The maximum Gasteiger partial charge on any atom is 0.218 e. The third kappa shape index (κ3) is 5.46. The molecule has 0 radical (unpaired) electrons. The minimum Gasteiger partial charge on any atom is -0.453 e. The summed E-state index contributed by atoms with van der Waals surface area (Å²) in [5.41, 5.74) is 6.33. The molecule has 0 spiro atoms. The Balaban J connectivity index is 2.29. The highest BCUT2D eigenvalue weighted by molar-refractivity contribution is 6.32. The number of benzene rings is 2. The first kappa shape index (κ1) is 20.8. The van der Waals surface area contributed by atoms with E-state index in [1.54, 1.807) is 36.4 Å². The summed E-state index contributed by atoms with van der Waals surface area (Å²) in [7, 11) is 0. The minimum atomic E-state index is -0.547. The van der Waals surface area contributed by atoms with Gasteiger partial charge in [0.2, 0.25) is 5.91 Å². The Kier molecular flexibility index (Phi) is 7.23. The Hall–Kier alpha value is -2.55. The molecule has 0 aliphatic rings. The van der Waals surface area contributed by atoms with Crippen LogP contribution in [0.5, 0.6) is 11.5 Å². The number of nitrogens with two attached hydrogens (primary N) is 1. The van der Waals surface area contributed by atoms with Crippen molar-refractivity contribution in [2.24, 2.45) is 5.73 Å². The Bertz CT molecular complexity index is 846. The topological polar surface area (TPSA) is 64.3 Å². The maximum absolute atomic E-state index is 15.1. The fourth-order valence-corrected chi connectivity index (χ4v) is 2.96. The van der Waals surface area contributed by atoms with Crippen molar-refractivity contribution in [1.29, 1.82) is 0 Å². The fourth-order valence-electron chi connectivity index (χ4n) is 2.78. The first-order valence-corrected chi connectivity index (χ1v) is 9.00. The van der Waals surface area contributed by atoms with Gasteiger partial charge in [0, 0.05) is 29.6 Å². The van der Waals surface area contributed by atoms with Gasteiger partial charge in [-0.2, -0.15) is 0 Å². The molecular formula is C21H22ClFN2O2. The molecule has 0 aromatic heterocycles. The van der Waals surface area contributed by atoms with Crippen molar-refractivity contribution >= 4 is 17.5 Å². The number of primary amides is 1. The van der Waals surface area contributed by atoms with E-state index in [1.807, 2.05) is 13.8 Å². The van der Waals surface area contributed by atoms with E-state index in [0.29, 0.717) is 23.3 Å². The van der Waals surface area contributed by atoms with Crippen LogP contribution in [0.2, 0.25) is 5.02 Å². The van der Waals surface area contributed by atoms with Crippen molar-refractivity contribution < 1.29 is 13.9 Å². The van der Waals surface area contributed by atoms with Gasteiger partial charge in [0.25, 0.3) is 0 Å². The highest BCUT2D eigenvalue weighted by atomic mass is 35.5. The lowest BCUT2D eigenvalue weighted by Gasteiger charge is -2.23. The molecule has 0 bridgehead atoms. The lowest BCUT2D eigenvalue weighted by Crippen LogP contribution is -2.34. The van der Waals surface area contributed by atoms with E-state index in [9.17, 15) is 4.79 Å². The Morgan fingerprint density at radius 2 is 2.00 bits per heavy atom. The molecule has 0 fully saturated rings. The number of terminal acetylenes is 1. The number of nitrogens with one attached hydrogen (secondary N) is 1. The summed E-state index contributed by atoms with van der Waals surface area (Å²) in [6.07, 6.45) is 6.10. The number of halogens is 2. The summed E-state index contributed by atoms with van der Waals surface area (Å²) in [6, 6.07) is 9.41. The number of ether oxygens (including phenoxy) is 1. The van der Waals surface area contributed by atoms with Crippen molar-refractivity contribution in [3.8, 4) is 23.8 Å². The first-order chi connectivity index (χ1) is 12.8. The van der Waals surface area contributed by atoms with Crippen molar-refractivity contribution in [1.82, 2.24) is 5.32 Å². The van der Waals surface area contributed by atoms with Crippen LogP contribution in [0, 0.1) is 18.2 Å². The zero-order valence-corrected chi connectivity index (χ0v) is 16.0. The van der Waals surface area contributed by atoms with Gasteiger partial charge in [-0.15, -0.1) is 6.42 Å². The molecule has 3 N–H and O–H groups in total. The van der Waals surface area contributed by atoms with Gasteiger partial charge in [-0.1, -0.05) is 30.5 Å². The molecule has 2 atom stereocenters. The van der Waals surface area contributed by atoms with Gasteiger partial charge in [-0.25, -0.2) is 4.39 Å². The number of carbonyl (C=O) groups excluding carboxylic acids is 1. The molecule has 4 nitrogen and oxygen atoms in total. The van der Waals surface area contributed by atoms with Crippen molar-refractivity contribution in [3.63, 3.8) is 0 Å². The quantitative estimate of drug-likeness (QED) is 0.651. The van der Waals surface area contributed by atoms with E-state index in [2.05, 4.69) is 11.2 Å². The van der Waals surface area contributed by atoms with Crippen LogP contribution in [0.1, 0.15) is 43.9 Å². The Morgan fingerprint density at radius 1 is 1.33 bits per heavy atom. The third-order valence-corrected chi connectivity index (χ3v) is 4.39. The SMILES string of the molecule is C#Cc1ccc(Oc2c(Cl)ccc([C@@H](CC)N[C@H](C)CC(N)=O)c2F)cc1. The molecule has 0 aliphatic carbocycles. The Morgan fingerprint density at radius 3 is 2.56 bits per heavy atom. The monoisotopic (exact) mass is 388 g/mol. The Labute approximate surface area is 163 Å². The second kappa shape index (κ2) is 9.40. The molecule has 0 heterocycles. The van der Waals surface area contributed by atoms with Crippen LogP contribution in [0.4, 0.5) is 4.39 Å². The van der Waals surface area contributed by atoms with E-state index in [1.165, 1.54) is 0 Å². The van der Waals surface area contributed by atoms with Crippen LogP contribution in [-0.4, -0.2) is 11.9 Å². The van der Waals surface area contributed by atoms with E-state index in [-0.39, 0.29) is 29.3 Å². The molecule has 0 unspecified atom stereocenters. The molecule has 2 aromatic carbocycles. The normalized spacial score (nSPS) is 12.9.